The Morgan fingerprint density at radius 3 is 2.91 bits per heavy atom. The molecule has 60 valence electrons. The summed E-state index contributed by atoms with van der Waals surface area (Å²) in [4.78, 5) is 3.85. The minimum Gasteiger partial charge on any atom is -0.249 e. The van der Waals surface area contributed by atoms with Crippen molar-refractivity contribution in [1.82, 2.24) is 14.8 Å². The molecule has 0 aliphatic carbocycles. The molecule has 0 bridgehead atoms. The van der Waals surface area contributed by atoms with E-state index in [1.807, 2.05) is 4.68 Å². The highest BCUT2D eigenvalue weighted by atomic mass is 28.3. The van der Waals surface area contributed by atoms with Crippen LogP contribution in [0.25, 0.3) is 0 Å². The lowest BCUT2D eigenvalue weighted by Gasteiger charge is -1.93. The Labute approximate surface area is 68.4 Å². The Morgan fingerprint density at radius 1 is 1.55 bits per heavy atom. The summed E-state index contributed by atoms with van der Waals surface area (Å²) in [5.74, 6) is 0. The van der Waals surface area contributed by atoms with Gasteiger partial charge in [0, 0.05) is 0 Å². The third kappa shape index (κ3) is 3.13. The molecule has 1 aromatic heterocycles. The van der Waals surface area contributed by atoms with Gasteiger partial charge in [-0.2, -0.15) is 5.10 Å². The molecule has 0 atom stereocenters. The topological polar surface area (TPSA) is 30.7 Å². The van der Waals surface area contributed by atoms with Gasteiger partial charge in [-0.05, 0) is 0 Å². The summed E-state index contributed by atoms with van der Waals surface area (Å²) in [5, 5.41) is 3.98. The highest BCUT2D eigenvalue weighted by molar-refractivity contribution is 6.61. The third-order valence-corrected chi connectivity index (χ3v) is 2.32. The van der Waals surface area contributed by atoms with E-state index in [1.165, 1.54) is 0 Å². The standard InChI is InChI=1S/C7H13N3Si/c1-11(2)5-3-4-10-7-8-6-9-10/h3,5-7,11H,4H2,1-2H3. The van der Waals surface area contributed by atoms with Crippen LogP contribution in [-0.2, 0) is 6.54 Å². The number of allylic oxidation sites excluding steroid dienone is 1. The molecule has 0 spiro atoms. The minimum atomic E-state index is -0.535. The van der Waals surface area contributed by atoms with Crippen LogP contribution in [0.15, 0.2) is 24.4 Å². The zero-order chi connectivity index (χ0) is 8.10. The van der Waals surface area contributed by atoms with Crippen LogP contribution in [0.5, 0.6) is 0 Å². The third-order valence-electron chi connectivity index (χ3n) is 1.28. The van der Waals surface area contributed by atoms with Gasteiger partial charge in [-0.25, -0.2) is 9.67 Å². The van der Waals surface area contributed by atoms with E-state index in [1.54, 1.807) is 12.7 Å². The summed E-state index contributed by atoms with van der Waals surface area (Å²) in [6.07, 6.45) is 5.44. The average Bonchev–Trinajstić information content (AvgIpc) is 2.39. The van der Waals surface area contributed by atoms with Gasteiger partial charge in [-0.15, -0.1) is 5.70 Å². The smallest absolute Gasteiger partial charge is 0.137 e. The monoisotopic (exact) mass is 167 g/mol. The quantitative estimate of drug-likeness (QED) is 0.625. The highest BCUT2D eigenvalue weighted by Gasteiger charge is 1.87. The van der Waals surface area contributed by atoms with Crippen molar-refractivity contribution in [2.45, 2.75) is 19.6 Å². The van der Waals surface area contributed by atoms with Crippen molar-refractivity contribution in [3.05, 3.63) is 24.4 Å². The van der Waals surface area contributed by atoms with Gasteiger partial charge in [0.15, 0.2) is 0 Å². The van der Waals surface area contributed by atoms with Crippen molar-refractivity contribution in [3.8, 4) is 0 Å². The molecule has 0 fully saturated rings. The first-order valence-corrected chi connectivity index (χ1v) is 6.75. The fourth-order valence-corrected chi connectivity index (χ4v) is 1.43. The van der Waals surface area contributed by atoms with Crippen molar-refractivity contribution >= 4 is 8.80 Å². The van der Waals surface area contributed by atoms with Crippen LogP contribution < -0.4 is 0 Å². The first kappa shape index (κ1) is 8.20. The second-order valence-corrected chi connectivity index (χ2v) is 5.66. The Bertz CT molecular complexity index is 216. The summed E-state index contributed by atoms with van der Waals surface area (Å²) in [6, 6.07) is 0. The Morgan fingerprint density at radius 2 is 2.36 bits per heavy atom. The summed E-state index contributed by atoms with van der Waals surface area (Å²) < 4.78 is 1.81. The summed E-state index contributed by atoms with van der Waals surface area (Å²) in [6.45, 7) is 5.43. The van der Waals surface area contributed by atoms with Crippen molar-refractivity contribution in [1.29, 1.82) is 0 Å². The van der Waals surface area contributed by atoms with Crippen LogP contribution in [0.4, 0.5) is 0 Å². The number of rotatable bonds is 3. The van der Waals surface area contributed by atoms with Crippen molar-refractivity contribution in [2.24, 2.45) is 0 Å². The zero-order valence-electron chi connectivity index (χ0n) is 6.94. The van der Waals surface area contributed by atoms with E-state index in [2.05, 4.69) is 35.0 Å². The molecule has 0 saturated carbocycles. The highest BCUT2D eigenvalue weighted by Crippen LogP contribution is 1.85. The molecular weight excluding hydrogens is 154 g/mol. The molecule has 0 saturated heterocycles. The molecule has 3 nitrogen and oxygen atoms in total. The maximum Gasteiger partial charge on any atom is 0.137 e. The second kappa shape index (κ2) is 4.08. The van der Waals surface area contributed by atoms with Gasteiger partial charge in [0.2, 0.25) is 0 Å². The molecule has 0 aliphatic rings. The largest absolute Gasteiger partial charge is 0.249 e. The second-order valence-electron chi connectivity index (χ2n) is 2.79. The predicted octanol–water partition coefficient (Wildman–Crippen LogP) is 0.860. The SMILES string of the molecule is C[SiH](C)C=CCn1cncn1. The molecule has 0 aromatic carbocycles. The van der Waals surface area contributed by atoms with E-state index in [9.17, 15) is 0 Å². The van der Waals surface area contributed by atoms with Gasteiger partial charge in [0.25, 0.3) is 0 Å². The lowest BCUT2D eigenvalue weighted by molar-refractivity contribution is 0.700. The lowest BCUT2D eigenvalue weighted by atomic mass is 10.6. The summed E-state index contributed by atoms with van der Waals surface area (Å²) >= 11 is 0. The number of nitrogens with zero attached hydrogens (tertiary/aromatic N) is 3. The van der Waals surface area contributed by atoms with Gasteiger partial charge in [-0.1, -0.05) is 19.2 Å². The molecule has 4 heteroatoms. The fourth-order valence-electron chi connectivity index (χ4n) is 0.768. The molecule has 0 unspecified atom stereocenters. The van der Waals surface area contributed by atoms with E-state index < -0.39 is 8.80 Å². The Balaban J connectivity index is 2.34. The van der Waals surface area contributed by atoms with Crippen LogP contribution in [0.3, 0.4) is 0 Å². The molecule has 0 radical (unpaired) electrons. The molecule has 0 aliphatic heterocycles. The lowest BCUT2D eigenvalue weighted by Crippen LogP contribution is -1.98. The van der Waals surface area contributed by atoms with Gasteiger partial charge < -0.3 is 0 Å². The number of hydrogen-bond acceptors (Lipinski definition) is 2. The van der Waals surface area contributed by atoms with Gasteiger partial charge in [0.05, 0.1) is 15.3 Å². The van der Waals surface area contributed by atoms with Crippen molar-refractivity contribution < 1.29 is 0 Å². The first-order valence-electron chi connectivity index (χ1n) is 3.78. The molecular formula is C7H13N3Si. The van der Waals surface area contributed by atoms with Crippen LogP contribution in [-0.4, -0.2) is 23.6 Å². The van der Waals surface area contributed by atoms with Crippen molar-refractivity contribution in [2.75, 3.05) is 0 Å². The van der Waals surface area contributed by atoms with Gasteiger partial charge in [0.1, 0.15) is 12.7 Å². The minimum absolute atomic E-state index is 0.535. The Kier molecular flexibility index (Phi) is 3.04. The fraction of sp³-hybridized carbons (Fsp3) is 0.429. The van der Waals surface area contributed by atoms with E-state index >= 15 is 0 Å². The maximum atomic E-state index is 3.98. The van der Waals surface area contributed by atoms with Crippen molar-refractivity contribution in [3.63, 3.8) is 0 Å². The zero-order valence-corrected chi connectivity index (χ0v) is 8.09. The van der Waals surface area contributed by atoms with Crippen LogP contribution in [0, 0.1) is 0 Å². The molecule has 1 aromatic rings. The van der Waals surface area contributed by atoms with E-state index in [-0.39, 0.29) is 0 Å². The summed E-state index contributed by atoms with van der Waals surface area (Å²) in [5.41, 5.74) is 2.29. The Hall–Kier alpha value is -0.903. The van der Waals surface area contributed by atoms with Gasteiger partial charge in [-0.3, -0.25) is 0 Å². The van der Waals surface area contributed by atoms with Gasteiger partial charge >= 0.3 is 0 Å². The number of aromatic nitrogens is 3. The van der Waals surface area contributed by atoms with E-state index in [0.29, 0.717) is 0 Å². The molecule has 0 amide bonds. The molecule has 11 heavy (non-hydrogen) atoms. The first-order chi connectivity index (χ1) is 5.29. The average molecular weight is 167 g/mol. The maximum absolute atomic E-state index is 3.98. The summed E-state index contributed by atoms with van der Waals surface area (Å²) in [7, 11) is -0.535. The normalized spacial score (nSPS) is 11.5. The van der Waals surface area contributed by atoms with Crippen LogP contribution >= 0.6 is 0 Å². The molecule has 1 rings (SSSR count). The van der Waals surface area contributed by atoms with Crippen LogP contribution in [0.1, 0.15) is 0 Å². The predicted molar refractivity (Wildman–Crippen MR) is 48.0 cm³/mol. The molecule has 1 heterocycles. The van der Waals surface area contributed by atoms with E-state index in [4.69, 9.17) is 0 Å². The van der Waals surface area contributed by atoms with Crippen LogP contribution in [0.2, 0.25) is 13.1 Å². The number of hydrogen-bond donors (Lipinski definition) is 0. The van der Waals surface area contributed by atoms with E-state index in [0.717, 1.165) is 6.54 Å². The molecule has 0 N–H and O–H groups in total.